The summed E-state index contributed by atoms with van der Waals surface area (Å²) in [6.07, 6.45) is -2.39. The average molecular weight is 476 g/mol. The van der Waals surface area contributed by atoms with Crippen molar-refractivity contribution in [3.63, 3.8) is 0 Å². The third-order valence-electron chi connectivity index (χ3n) is 6.44. The maximum Gasteiger partial charge on any atom is 0.389 e. The Morgan fingerprint density at radius 2 is 1.74 bits per heavy atom. The van der Waals surface area contributed by atoms with Crippen LogP contribution in [0.4, 0.5) is 13.2 Å². The third-order valence-corrected chi connectivity index (χ3v) is 6.44. The first kappa shape index (κ1) is 24.1. The molecule has 0 amide bonds. The normalized spacial score (nSPS) is 15.6. The minimum atomic E-state index is -4.42. The summed E-state index contributed by atoms with van der Waals surface area (Å²) in [6, 6.07) is 9.51. The zero-order valence-corrected chi connectivity index (χ0v) is 19.5. The Bertz CT molecular complexity index is 1160. The Morgan fingerprint density at radius 1 is 1.09 bits per heavy atom. The van der Waals surface area contributed by atoms with Crippen LogP contribution in [0.1, 0.15) is 47.5 Å². The smallest absolute Gasteiger partial charge is 0.389 e. The van der Waals surface area contributed by atoms with Gasteiger partial charge in [-0.25, -0.2) is 4.98 Å². The van der Waals surface area contributed by atoms with Gasteiger partial charge in [0.05, 0.1) is 37.4 Å². The number of piperidine rings is 1. The number of hydrogen-bond acceptors (Lipinski definition) is 5. The van der Waals surface area contributed by atoms with Gasteiger partial charge in [-0.1, -0.05) is 6.07 Å². The number of aromatic nitrogens is 2. The van der Waals surface area contributed by atoms with Crippen molar-refractivity contribution in [1.82, 2.24) is 14.5 Å². The lowest BCUT2D eigenvalue weighted by molar-refractivity contribution is -0.133. The van der Waals surface area contributed by atoms with Crippen molar-refractivity contribution in [2.75, 3.05) is 34.4 Å². The second-order valence-electron chi connectivity index (χ2n) is 8.70. The molecule has 0 N–H and O–H groups in total. The zero-order chi connectivity index (χ0) is 24.5. The van der Waals surface area contributed by atoms with Gasteiger partial charge in [0.15, 0.2) is 5.78 Å². The molecule has 182 valence electrons. The van der Waals surface area contributed by atoms with E-state index in [-0.39, 0.29) is 17.1 Å². The number of methoxy groups -OCH3 is 2. The molecule has 0 aliphatic carbocycles. The van der Waals surface area contributed by atoms with E-state index in [1.165, 1.54) is 19.8 Å². The molecule has 0 saturated carbocycles. The lowest BCUT2D eigenvalue weighted by atomic mass is 9.89. The summed E-state index contributed by atoms with van der Waals surface area (Å²) in [5.74, 6) is 0.140. The highest BCUT2D eigenvalue weighted by Crippen LogP contribution is 2.36. The van der Waals surface area contributed by atoms with Crippen LogP contribution in [0, 0.1) is 0 Å². The van der Waals surface area contributed by atoms with Crippen LogP contribution in [0.15, 0.2) is 36.7 Å². The van der Waals surface area contributed by atoms with E-state index in [2.05, 4.69) is 29.1 Å². The van der Waals surface area contributed by atoms with Crippen LogP contribution in [0.3, 0.4) is 0 Å². The quantitative estimate of drug-likeness (QED) is 0.430. The predicted molar refractivity (Wildman–Crippen MR) is 123 cm³/mol. The molecule has 1 saturated heterocycles. The number of likely N-dealkylation sites (tertiary alicyclic amines) is 1. The summed E-state index contributed by atoms with van der Waals surface area (Å²) >= 11 is 0. The van der Waals surface area contributed by atoms with Gasteiger partial charge in [0.25, 0.3) is 0 Å². The summed E-state index contributed by atoms with van der Waals surface area (Å²) in [5.41, 5.74) is 3.63. The Morgan fingerprint density at radius 3 is 2.32 bits per heavy atom. The third kappa shape index (κ3) is 5.04. The molecule has 0 radical (unpaired) electrons. The predicted octanol–water partition coefficient (Wildman–Crippen LogP) is 5.38. The molecule has 1 fully saturated rings. The molecule has 2 aromatic carbocycles. The number of carbonyl (C=O) groups is 1. The van der Waals surface area contributed by atoms with Crippen molar-refractivity contribution < 1.29 is 27.4 Å². The fourth-order valence-corrected chi connectivity index (χ4v) is 4.52. The number of alkyl halides is 3. The SMILES string of the molecule is COc1cc(-n2cnc3cc(C4CCN(C)CC4)ccc32)cc(OC)c1C(=O)CCC(F)(F)F. The average Bonchev–Trinajstić information content (AvgIpc) is 3.25. The molecule has 1 aliphatic heterocycles. The summed E-state index contributed by atoms with van der Waals surface area (Å²) in [7, 11) is 4.89. The molecule has 4 rings (SSSR count). The molecule has 2 heterocycles. The number of carbonyl (C=O) groups excluding carboxylic acids is 1. The summed E-state index contributed by atoms with van der Waals surface area (Å²) in [4.78, 5) is 19.5. The molecule has 1 aromatic heterocycles. The van der Waals surface area contributed by atoms with Crippen molar-refractivity contribution in [3.8, 4) is 17.2 Å². The first-order valence-electron chi connectivity index (χ1n) is 11.2. The molecule has 3 aromatic rings. The van der Waals surface area contributed by atoms with Gasteiger partial charge in [-0.3, -0.25) is 9.36 Å². The number of hydrogen-bond donors (Lipinski definition) is 0. The Labute approximate surface area is 196 Å². The molecule has 1 aliphatic rings. The van der Waals surface area contributed by atoms with Crippen molar-refractivity contribution in [2.45, 2.75) is 37.8 Å². The number of Topliss-reactive ketones (excluding diaryl/α,β-unsaturated/α-hetero) is 1. The van der Waals surface area contributed by atoms with Gasteiger partial charge < -0.3 is 14.4 Å². The Balaban J connectivity index is 1.67. The van der Waals surface area contributed by atoms with Gasteiger partial charge in [0.1, 0.15) is 23.4 Å². The van der Waals surface area contributed by atoms with Crippen molar-refractivity contribution in [3.05, 3.63) is 47.8 Å². The van der Waals surface area contributed by atoms with Crippen molar-refractivity contribution in [1.29, 1.82) is 0 Å². The van der Waals surface area contributed by atoms with E-state index in [4.69, 9.17) is 9.47 Å². The standard InChI is InChI=1S/C25H28F3N3O3/c1-30-10-7-16(8-11-30)17-4-5-20-19(12-17)29-15-31(20)18-13-22(33-2)24(23(14-18)34-3)21(32)6-9-25(26,27)28/h4-5,12-16H,6-11H2,1-3H3. The lowest BCUT2D eigenvalue weighted by Crippen LogP contribution is -2.29. The Hall–Kier alpha value is -3.07. The molecule has 0 bridgehead atoms. The molecule has 34 heavy (non-hydrogen) atoms. The number of fused-ring (bicyclic) bond motifs is 1. The number of nitrogens with zero attached hydrogens (tertiary/aromatic N) is 3. The number of halogens is 3. The van der Waals surface area contributed by atoms with Gasteiger partial charge in [-0.05, 0) is 56.6 Å². The minimum Gasteiger partial charge on any atom is -0.496 e. The van der Waals surface area contributed by atoms with E-state index in [0.717, 1.165) is 37.0 Å². The van der Waals surface area contributed by atoms with E-state index in [0.29, 0.717) is 11.6 Å². The highest BCUT2D eigenvalue weighted by Gasteiger charge is 2.30. The van der Waals surface area contributed by atoms with Gasteiger partial charge in [0, 0.05) is 18.6 Å². The number of ketones is 1. The molecular formula is C25H28F3N3O3. The maximum absolute atomic E-state index is 12.6. The molecular weight excluding hydrogens is 447 g/mol. The van der Waals surface area contributed by atoms with Gasteiger partial charge >= 0.3 is 6.18 Å². The van der Waals surface area contributed by atoms with Crippen LogP contribution >= 0.6 is 0 Å². The number of ether oxygens (including phenoxy) is 2. The van der Waals surface area contributed by atoms with Crippen LogP contribution in [-0.4, -0.2) is 60.8 Å². The summed E-state index contributed by atoms with van der Waals surface area (Å²) in [5, 5.41) is 0. The van der Waals surface area contributed by atoms with Crippen LogP contribution < -0.4 is 9.47 Å². The summed E-state index contributed by atoms with van der Waals surface area (Å²) in [6.45, 7) is 2.15. The highest BCUT2D eigenvalue weighted by molar-refractivity contribution is 6.01. The van der Waals surface area contributed by atoms with Crippen LogP contribution in [0.5, 0.6) is 11.5 Å². The second kappa shape index (κ2) is 9.66. The second-order valence-corrected chi connectivity index (χ2v) is 8.70. The molecule has 0 atom stereocenters. The maximum atomic E-state index is 12.6. The van der Waals surface area contributed by atoms with Crippen molar-refractivity contribution >= 4 is 16.8 Å². The minimum absolute atomic E-state index is 0.00646. The fraction of sp³-hybridized carbons (Fsp3) is 0.440. The molecule has 0 spiro atoms. The van der Waals surface area contributed by atoms with Crippen LogP contribution in [0.2, 0.25) is 0 Å². The highest BCUT2D eigenvalue weighted by atomic mass is 19.4. The van der Waals surface area contributed by atoms with E-state index in [1.807, 2.05) is 10.6 Å². The van der Waals surface area contributed by atoms with E-state index < -0.39 is 24.8 Å². The fourth-order valence-electron chi connectivity index (χ4n) is 4.52. The topological polar surface area (TPSA) is 56.6 Å². The number of imidazole rings is 1. The van der Waals surface area contributed by atoms with Gasteiger partial charge in [0.2, 0.25) is 0 Å². The first-order chi connectivity index (χ1) is 16.2. The van der Waals surface area contributed by atoms with Crippen LogP contribution in [0.25, 0.3) is 16.7 Å². The molecule has 6 nitrogen and oxygen atoms in total. The largest absolute Gasteiger partial charge is 0.496 e. The zero-order valence-electron chi connectivity index (χ0n) is 19.5. The van der Waals surface area contributed by atoms with E-state index >= 15 is 0 Å². The van der Waals surface area contributed by atoms with Gasteiger partial charge in [-0.15, -0.1) is 0 Å². The lowest BCUT2D eigenvalue weighted by Gasteiger charge is -2.29. The van der Waals surface area contributed by atoms with Crippen LogP contribution in [-0.2, 0) is 0 Å². The van der Waals surface area contributed by atoms with E-state index in [1.54, 1.807) is 18.5 Å². The van der Waals surface area contributed by atoms with Crippen molar-refractivity contribution in [2.24, 2.45) is 0 Å². The monoisotopic (exact) mass is 475 g/mol. The molecule has 9 heteroatoms. The first-order valence-corrected chi connectivity index (χ1v) is 11.2. The van der Waals surface area contributed by atoms with E-state index in [9.17, 15) is 18.0 Å². The summed E-state index contributed by atoms with van der Waals surface area (Å²) < 4.78 is 50.5. The number of benzene rings is 2. The molecule has 0 unspecified atom stereocenters. The van der Waals surface area contributed by atoms with Gasteiger partial charge in [-0.2, -0.15) is 13.2 Å². The Kier molecular flexibility index (Phi) is 6.84. The number of rotatable bonds is 7.